The molecule has 5 heteroatoms. The van der Waals surface area contributed by atoms with E-state index in [1.54, 1.807) is 6.07 Å². The number of anilines is 3. The fraction of sp³-hybridized carbons (Fsp3) is 0.125. The third-order valence-corrected chi connectivity index (χ3v) is 3.37. The summed E-state index contributed by atoms with van der Waals surface area (Å²) in [6.45, 7) is 0.756. The first-order valence-electron chi connectivity index (χ1n) is 6.82. The van der Waals surface area contributed by atoms with Gasteiger partial charge in [0.15, 0.2) is 0 Å². The number of rotatable bonds is 4. The van der Waals surface area contributed by atoms with Gasteiger partial charge in [0.25, 0.3) is 0 Å². The Morgan fingerprint density at radius 1 is 1.00 bits per heavy atom. The number of pyridine rings is 2. The predicted molar refractivity (Wildman–Crippen MR) is 87.0 cm³/mol. The molecule has 0 fully saturated rings. The first kappa shape index (κ1) is 13.2. The summed E-state index contributed by atoms with van der Waals surface area (Å²) in [4.78, 5) is 8.64. The van der Waals surface area contributed by atoms with E-state index in [-0.39, 0.29) is 0 Å². The third-order valence-electron chi connectivity index (χ3n) is 3.37. The molecule has 0 atom stereocenters. The Labute approximate surface area is 123 Å². The van der Waals surface area contributed by atoms with Crippen molar-refractivity contribution in [3.8, 4) is 0 Å². The first-order valence-corrected chi connectivity index (χ1v) is 6.82. The average Bonchev–Trinajstić information content (AvgIpc) is 2.51. The zero-order valence-electron chi connectivity index (χ0n) is 11.6. The average molecular weight is 279 g/mol. The zero-order chi connectivity index (χ0) is 14.7. The van der Waals surface area contributed by atoms with Gasteiger partial charge in [-0.25, -0.2) is 4.98 Å². The lowest BCUT2D eigenvalue weighted by atomic mass is 10.1. The quantitative estimate of drug-likeness (QED) is 0.682. The molecule has 0 radical (unpaired) electrons. The van der Waals surface area contributed by atoms with Crippen molar-refractivity contribution in [1.82, 2.24) is 9.97 Å². The molecule has 0 aliphatic heterocycles. The molecule has 5 N–H and O–H groups in total. The number of fused-ring (bicyclic) bond motifs is 1. The fourth-order valence-electron chi connectivity index (χ4n) is 2.28. The highest BCUT2D eigenvalue weighted by Crippen LogP contribution is 2.17. The summed E-state index contributed by atoms with van der Waals surface area (Å²) in [5.74, 6) is 1.08. The molecule has 0 aliphatic carbocycles. The van der Waals surface area contributed by atoms with Gasteiger partial charge in [-0.2, -0.15) is 0 Å². The number of hydrogen-bond donors (Lipinski definition) is 3. The van der Waals surface area contributed by atoms with Crippen LogP contribution in [0, 0.1) is 0 Å². The molecule has 2 heterocycles. The summed E-state index contributed by atoms with van der Waals surface area (Å²) in [6.07, 6.45) is 2.68. The second-order valence-electron chi connectivity index (χ2n) is 4.84. The van der Waals surface area contributed by atoms with Crippen LogP contribution in [-0.4, -0.2) is 16.5 Å². The Hall–Kier alpha value is -2.82. The van der Waals surface area contributed by atoms with Gasteiger partial charge in [0.05, 0.1) is 11.2 Å². The standard InChI is InChI=1S/C16H17N5/c17-13-6-7-14(21-16(13)18)19-10-8-12-4-1-3-11-5-2-9-20-15(11)12/h1-7,9H,8,10,17H2,(H3,18,19,21). The van der Waals surface area contributed by atoms with Crippen LogP contribution < -0.4 is 16.8 Å². The lowest BCUT2D eigenvalue weighted by Crippen LogP contribution is -2.08. The van der Waals surface area contributed by atoms with E-state index in [0.29, 0.717) is 11.5 Å². The van der Waals surface area contributed by atoms with Crippen LogP contribution >= 0.6 is 0 Å². The summed E-state index contributed by atoms with van der Waals surface area (Å²) < 4.78 is 0. The molecule has 3 aromatic rings. The van der Waals surface area contributed by atoms with E-state index in [1.807, 2.05) is 18.3 Å². The van der Waals surface area contributed by atoms with E-state index in [9.17, 15) is 0 Å². The van der Waals surface area contributed by atoms with E-state index in [1.165, 1.54) is 5.56 Å². The molecule has 0 amide bonds. The molecule has 0 spiro atoms. The Bertz CT molecular complexity index is 764. The molecule has 0 bridgehead atoms. The van der Waals surface area contributed by atoms with E-state index in [0.717, 1.165) is 29.7 Å². The Morgan fingerprint density at radius 3 is 2.71 bits per heavy atom. The largest absolute Gasteiger partial charge is 0.396 e. The topological polar surface area (TPSA) is 89.8 Å². The molecular formula is C16H17N5. The summed E-state index contributed by atoms with van der Waals surface area (Å²) in [6, 6.07) is 13.8. The van der Waals surface area contributed by atoms with Gasteiger partial charge in [0, 0.05) is 18.1 Å². The predicted octanol–water partition coefficient (Wildman–Crippen LogP) is 2.45. The van der Waals surface area contributed by atoms with E-state index in [4.69, 9.17) is 11.5 Å². The van der Waals surface area contributed by atoms with Crippen LogP contribution in [0.25, 0.3) is 10.9 Å². The number of nitrogen functional groups attached to an aromatic ring is 2. The van der Waals surface area contributed by atoms with Crippen LogP contribution in [0.4, 0.5) is 17.3 Å². The Morgan fingerprint density at radius 2 is 1.86 bits per heavy atom. The highest BCUT2D eigenvalue weighted by molar-refractivity contribution is 5.81. The zero-order valence-corrected chi connectivity index (χ0v) is 11.6. The SMILES string of the molecule is Nc1ccc(NCCc2cccc3cccnc23)nc1N. The monoisotopic (exact) mass is 279 g/mol. The third kappa shape index (κ3) is 2.86. The number of benzene rings is 1. The minimum atomic E-state index is 0.354. The fourth-order valence-corrected chi connectivity index (χ4v) is 2.28. The lowest BCUT2D eigenvalue weighted by Gasteiger charge is -2.09. The normalized spacial score (nSPS) is 10.7. The maximum absolute atomic E-state index is 5.69. The highest BCUT2D eigenvalue weighted by Gasteiger charge is 2.02. The Balaban J connectivity index is 1.70. The van der Waals surface area contributed by atoms with E-state index >= 15 is 0 Å². The molecule has 0 saturated heterocycles. The molecule has 5 nitrogen and oxygen atoms in total. The molecule has 3 rings (SSSR count). The van der Waals surface area contributed by atoms with Crippen molar-refractivity contribution in [2.75, 3.05) is 23.3 Å². The molecule has 1 aromatic carbocycles. The minimum Gasteiger partial charge on any atom is -0.396 e. The summed E-state index contributed by atoms with van der Waals surface area (Å²) in [7, 11) is 0. The molecule has 21 heavy (non-hydrogen) atoms. The van der Waals surface area contributed by atoms with Gasteiger partial charge >= 0.3 is 0 Å². The Kier molecular flexibility index (Phi) is 3.55. The molecule has 0 unspecified atom stereocenters. The van der Waals surface area contributed by atoms with Crippen molar-refractivity contribution < 1.29 is 0 Å². The van der Waals surface area contributed by atoms with Crippen molar-refractivity contribution in [2.45, 2.75) is 6.42 Å². The summed E-state index contributed by atoms with van der Waals surface area (Å²) >= 11 is 0. The van der Waals surface area contributed by atoms with Crippen LogP contribution in [0.5, 0.6) is 0 Å². The van der Waals surface area contributed by atoms with Gasteiger partial charge in [-0.15, -0.1) is 0 Å². The molecule has 2 aromatic heterocycles. The van der Waals surface area contributed by atoms with Crippen molar-refractivity contribution in [1.29, 1.82) is 0 Å². The van der Waals surface area contributed by atoms with Gasteiger partial charge in [0.1, 0.15) is 11.6 Å². The van der Waals surface area contributed by atoms with Gasteiger partial charge in [-0.3, -0.25) is 4.98 Å². The first-order chi connectivity index (χ1) is 10.2. The number of hydrogen-bond acceptors (Lipinski definition) is 5. The van der Waals surface area contributed by atoms with Gasteiger partial charge in [-0.1, -0.05) is 24.3 Å². The molecule has 0 saturated carbocycles. The number of nitrogens with one attached hydrogen (secondary N) is 1. The summed E-state index contributed by atoms with van der Waals surface area (Å²) in [5.41, 5.74) is 14.1. The minimum absolute atomic E-state index is 0.354. The van der Waals surface area contributed by atoms with Crippen molar-refractivity contribution in [3.05, 3.63) is 54.2 Å². The van der Waals surface area contributed by atoms with Crippen LogP contribution in [0.2, 0.25) is 0 Å². The van der Waals surface area contributed by atoms with Crippen molar-refractivity contribution in [3.63, 3.8) is 0 Å². The second kappa shape index (κ2) is 5.66. The van der Waals surface area contributed by atoms with Crippen molar-refractivity contribution in [2.24, 2.45) is 0 Å². The van der Waals surface area contributed by atoms with E-state index in [2.05, 4.69) is 39.6 Å². The maximum Gasteiger partial charge on any atom is 0.149 e. The van der Waals surface area contributed by atoms with Crippen LogP contribution in [0.1, 0.15) is 5.56 Å². The number of nitrogens with two attached hydrogens (primary N) is 2. The number of nitrogens with zero attached hydrogens (tertiary/aromatic N) is 2. The molecular weight excluding hydrogens is 262 g/mol. The molecule has 0 aliphatic rings. The summed E-state index contributed by atoms with van der Waals surface area (Å²) in [5, 5.41) is 4.41. The number of aromatic nitrogens is 2. The van der Waals surface area contributed by atoms with Gasteiger partial charge < -0.3 is 16.8 Å². The van der Waals surface area contributed by atoms with Crippen LogP contribution in [0.3, 0.4) is 0 Å². The smallest absolute Gasteiger partial charge is 0.149 e. The maximum atomic E-state index is 5.69. The van der Waals surface area contributed by atoms with Gasteiger partial charge in [-0.05, 0) is 30.2 Å². The highest BCUT2D eigenvalue weighted by atomic mass is 15.0. The van der Waals surface area contributed by atoms with Crippen molar-refractivity contribution >= 4 is 28.2 Å². The van der Waals surface area contributed by atoms with Crippen LogP contribution in [0.15, 0.2) is 48.7 Å². The second-order valence-corrected chi connectivity index (χ2v) is 4.84. The van der Waals surface area contributed by atoms with E-state index < -0.39 is 0 Å². The number of para-hydroxylation sites is 1. The van der Waals surface area contributed by atoms with Gasteiger partial charge in [0.2, 0.25) is 0 Å². The molecule has 106 valence electrons. The van der Waals surface area contributed by atoms with Crippen LogP contribution in [-0.2, 0) is 6.42 Å². The lowest BCUT2D eigenvalue weighted by molar-refractivity contribution is 1.01.